The van der Waals surface area contributed by atoms with Gasteiger partial charge in [0.15, 0.2) is 11.5 Å². The summed E-state index contributed by atoms with van der Waals surface area (Å²) in [5, 5.41) is 7.61. The Kier molecular flexibility index (Phi) is 9.05. The molecule has 0 aliphatic carbocycles. The molecule has 168 valence electrons. The lowest BCUT2D eigenvalue weighted by molar-refractivity contribution is -0.123. The lowest BCUT2D eigenvalue weighted by atomic mass is 10.1. The van der Waals surface area contributed by atoms with Crippen LogP contribution in [0.25, 0.3) is 0 Å². The number of carbonyl (C=O) groups excluding carboxylic acids is 2. The number of urea groups is 1. The van der Waals surface area contributed by atoms with Crippen molar-refractivity contribution in [2.24, 2.45) is 0 Å². The summed E-state index contributed by atoms with van der Waals surface area (Å²) >= 11 is 0. The second-order valence-corrected chi connectivity index (χ2v) is 6.79. The predicted octanol–water partition coefficient (Wildman–Crippen LogP) is 3.63. The van der Waals surface area contributed by atoms with Crippen molar-refractivity contribution in [1.29, 1.82) is 0 Å². The zero-order valence-corrected chi connectivity index (χ0v) is 17.8. The summed E-state index contributed by atoms with van der Waals surface area (Å²) in [6.07, 6.45) is 1.61. The fourth-order valence-electron chi connectivity index (χ4n) is 2.95. The van der Waals surface area contributed by atoms with Crippen molar-refractivity contribution in [2.75, 3.05) is 26.1 Å². The first-order chi connectivity index (χ1) is 14.9. The van der Waals surface area contributed by atoms with E-state index in [1.165, 1.54) is 0 Å². The van der Waals surface area contributed by atoms with Crippen molar-refractivity contribution in [3.8, 4) is 11.5 Å². The lowest BCUT2D eigenvalue weighted by Crippen LogP contribution is -2.48. The second kappa shape index (κ2) is 11.7. The van der Waals surface area contributed by atoms with E-state index in [2.05, 4.69) is 16.0 Å². The lowest BCUT2D eigenvalue weighted by Gasteiger charge is -2.18. The maximum absolute atomic E-state index is 13.7. The first kappa shape index (κ1) is 23.9. The number of hydrogen-bond acceptors (Lipinski definition) is 4. The van der Waals surface area contributed by atoms with Gasteiger partial charge in [-0.05, 0) is 42.7 Å². The Labute approximate surface area is 180 Å². The van der Waals surface area contributed by atoms with Crippen molar-refractivity contribution in [1.82, 2.24) is 10.6 Å². The highest BCUT2D eigenvalue weighted by Gasteiger charge is 2.20. The SMILES string of the molecule is CCCC(NC(=O)Nc1ccc(F)cc1F)C(=O)NCCc1ccc(OC)c(OC)c1. The maximum Gasteiger partial charge on any atom is 0.319 e. The van der Waals surface area contributed by atoms with E-state index in [0.29, 0.717) is 43.4 Å². The molecule has 0 aromatic heterocycles. The van der Waals surface area contributed by atoms with Crippen LogP contribution in [0.4, 0.5) is 19.3 Å². The average molecular weight is 435 g/mol. The molecule has 0 heterocycles. The normalized spacial score (nSPS) is 11.4. The van der Waals surface area contributed by atoms with Gasteiger partial charge in [-0.1, -0.05) is 19.4 Å². The number of hydrogen-bond donors (Lipinski definition) is 3. The van der Waals surface area contributed by atoms with E-state index in [1.54, 1.807) is 20.3 Å². The number of methoxy groups -OCH3 is 2. The Hall–Kier alpha value is -3.36. The Morgan fingerprint density at radius 2 is 1.77 bits per heavy atom. The predicted molar refractivity (Wildman–Crippen MR) is 113 cm³/mol. The molecule has 0 spiro atoms. The Balaban J connectivity index is 1.90. The van der Waals surface area contributed by atoms with Crippen LogP contribution in [0.15, 0.2) is 36.4 Å². The fraction of sp³-hybridized carbons (Fsp3) is 0.364. The largest absolute Gasteiger partial charge is 0.493 e. The highest BCUT2D eigenvalue weighted by molar-refractivity contribution is 5.93. The van der Waals surface area contributed by atoms with E-state index in [1.807, 2.05) is 19.1 Å². The second-order valence-electron chi connectivity index (χ2n) is 6.79. The monoisotopic (exact) mass is 435 g/mol. The van der Waals surface area contributed by atoms with Gasteiger partial charge in [0, 0.05) is 12.6 Å². The standard InChI is InChI=1S/C22H27F2N3O4/c1-4-5-18(27-22(29)26-17-8-7-15(23)13-16(17)24)21(28)25-11-10-14-6-9-19(30-2)20(12-14)31-3/h6-9,12-13,18H,4-5,10-11H2,1-3H3,(H,25,28)(H2,26,27,29). The minimum absolute atomic E-state index is 0.178. The van der Waals surface area contributed by atoms with Gasteiger partial charge in [-0.2, -0.15) is 0 Å². The summed E-state index contributed by atoms with van der Waals surface area (Å²) in [7, 11) is 3.10. The van der Waals surface area contributed by atoms with Gasteiger partial charge in [0.05, 0.1) is 19.9 Å². The van der Waals surface area contributed by atoms with Crippen molar-refractivity contribution in [3.63, 3.8) is 0 Å². The molecule has 2 rings (SSSR count). The molecule has 3 amide bonds. The van der Waals surface area contributed by atoms with Gasteiger partial charge in [0.2, 0.25) is 5.91 Å². The van der Waals surface area contributed by atoms with E-state index in [4.69, 9.17) is 9.47 Å². The minimum atomic E-state index is -0.901. The molecule has 2 aromatic carbocycles. The highest BCUT2D eigenvalue weighted by atomic mass is 19.1. The number of carbonyl (C=O) groups is 2. The minimum Gasteiger partial charge on any atom is -0.493 e. The smallest absolute Gasteiger partial charge is 0.319 e. The van der Waals surface area contributed by atoms with Crippen LogP contribution >= 0.6 is 0 Å². The molecule has 1 atom stereocenters. The van der Waals surface area contributed by atoms with Gasteiger partial charge in [0.25, 0.3) is 0 Å². The third kappa shape index (κ3) is 7.13. The first-order valence-corrected chi connectivity index (χ1v) is 9.89. The van der Waals surface area contributed by atoms with E-state index < -0.39 is 23.7 Å². The highest BCUT2D eigenvalue weighted by Crippen LogP contribution is 2.27. The molecule has 0 fully saturated rings. The van der Waals surface area contributed by atoms with E-state index >= 15 is 0 Å². The van der Waals surface area contributed by atoms with Crippen LogP contribution in [0.1, 0.15) is 25.3 Å². The van der Waals surface area contributed by atoms with Crippen LogP contribution in [0.2, 0.25) is 0 Å². The molecule has 9 heteroatoms. The number of rotatable bonds is 10. The topological polar surface area (TPSA) is 88.7 Å². The fourth-order valence-corrected chi connectivity index (χ4v) is 2.95. The molecule has 0 saturated carbocycles. The van der Waals surface area contributed by atoms with Crippen LogP contribution in [0.3, 0.4) is 0 Å². The van der Waals surface area contributed by atoms with Crippen LogP contribution in [-0.4, -0.2) is 38.7 Å². The molecule has 1 unspecified atom stereocenters. The number of anilines is 1. The average Bonchev–Trinajstić information content (AvgIpc) is 2.75. The molecular formula is C22H27F2N3O4. The molecule has 7 nitrogen and oxygen atoms in total. The third-order valence-electron chi connectivity index (χ3n) is 4.54. The van der Waals surface area contributed by atoms with Gasteiger partial charge >= 0.3 is 6.03 Å². The molecule has 0 radical (unpaired) electrons. The molecule has 2 aromatic rings. The summed E-state index contributed by atoms with van der Waals surface area (Å²) in [6.45, 7) is 2.23. The van der Waals surface area contributed by atoms with Gasteiger partial charge in [-0.3, -0.25) is 4.79 Å². The van der Waals surface area contributed by atoms with Gasteiger partial charge in [-0.25, -0.2) is 13.6 Å². The number of benzene rings is 2. The van der Waals surface area contributed by atoms with Gasteiger partial charge < -0.3 is 25.4 Å². The molecule has 0 saturated heterocycles. The number of halogens is 2. The summed E-state index contributed by atoms with van der Waals surface area (Å²) in [6, 6.07) is 6.76. The molecule has 3 N–H and O–H groups in total. The molecule has 0 aliphatic rings. The Morgan fingerprint density at radius 1 is 1.03 bits per heavy atom. The van der Waals surface area contributed by atoms with Crippen LogP contribution in [-0.2, 0) is 11.2 Å². The summed E-state index contributed by atoms with van der Waals surface area (Å²) in [5.74, 6) is -0.785. The summed E-state index contributed by atoms with van der Waals surface area (Å²) in [4.78, 5) is 24.7. The van der Waals surface area contributed by atoms with E-state index in [0.717, 1.165) is 17.7 Å². The zero-order chi connectivity index (χ0) is 22.8. The Bertz CT molecular complexity index is 908. The third-order valence-corrected chi connectivity index (χ3v) is 4.54. The van der Waals surface area contributed by atoms with Crippen molar-refractivity contribution in [3.05, 3.63) is 53.6 Å². The molecule has 31 heavy (non-hydrogen) atoms. The van der Waals surface area contributed by atoms with Crippen molar-refractivity contribution >= 4 is 17.6 Å². The zero-order valence-electron chi connectivity index (χ0n) is 17.8. The quantitative estimate of drug-likeness (QED) is 0.532. The number of amides is 3. The number of ether oxygens (including phenoxy) is 2. The summed E-state index contributed by atoms with van der Waals surface area (Å²) < 4.78 is 37.2. The molecular weight excluding hydrogens is 408 g/mol. The molecule has 0 bridgehead atoms. The molecule has 0 aliphatic heterocycles. The van der Waals surface area contributed by atoms with E-state index in [9.17, 15) is 18.4 Å². The maximum atomic E-state index is 13.7. The van der Waals surface area contributed by atoms with Gasteiger partial charge in [0.1, 0.15) is 17.7 Å². The van der Waals surface area contributed by atoms with Gasteiger partial charge in [-0.15, -0.1) is 0 Å². The number of nitrogens with one attached hydrogen (secondary N) is 3. The van der Waals surface area contributed by atoms with Crippen LogP contribution in [0.5, 0.6) is 11.5 Å². The summed E-state index contributed by atoms with van der Waals surface area (Å²) in [5.41, 5.74) is 0.769. The van der Waals surface area contributed by atoms with Crippen LogP contribution in [0, 0.1) is 11.6 Å². The first-order valence-electron chi connectivity index (χ1n) is 9.89. The Morgan fingerprint density at radius 3 is 2.42 bits per heavy atom. The van der Waals surface area contributed by atoms with E-state index in [-0.39, 0.29) is 11.6 Å². The van der Waals surface area contributed by atoms with Crippen molar-refractivity contribution in [2.45, 2.75) is 32.2 Å². The van der Waals surface area contributed by atoms with Crippen LogP contribution < -0.4 is 25.4 Å². The van der Waals surface area contributed by atoms with Crippen molar-refractivity contribution < 1.29 is 27.8 Å².